The van der Waals surface area contributed by atoms with E-state index in [2.05, 4.69) is 9.93 Å². The number of hydrogen-bond acceptors (Lipinski definition) is 3. The number of carbonyl (C=O) groups excluding carboxylic acids is 1. The smallest absolute Gasteiger partial charge is 0.266 e. The highest BCUT2D eigenvalue weighted by Crippen LogP contribution is 2.17. The molecule has 0 fully saturated rings. The van der Waals surface area contributed by atoms with E-state index in [1.165, 1.54) is 0 Å². The van der Waals surface area contributed by atoms with Crippen LogP contribution in [0.5, 0.6) is 5.88 Å². The predicted molar refractivity (Wildman–Crippen MR) is 72.0 cm³/mol. The molecule has 0 atom stereocenters. The van der Waals surface area contributed by atoms with Crippen molar-refractivity contribution in [2.75, 3.05) is 0 Å². The second-order valence-corrected chi connectivity index (χ2v) is 4.33. The van der Waals surface area contributed by atoms with E-state index in [1.54, 1.807) is 29.1 Å². The molecule has 0 aliphatic rings. The fraction of sp³-hybridized carbons (Fsp3) is 0.231. The van der Waals surface area contributed by atoms with Gasteiger partial charge in [0.2, 0.25) is 5.88 Å². The fourth-order valence-electron chi connectivity index (χ4n) is 1.77. The molecule has 1 amide bonds. The first kappa shape index (κ1) is 13.4. The lowest BCUT2D eigenvalue weighted by molar-refractivity contribution is 0.0979. The Kier molecular flexibility index (Phi) is 4.06. The van der Waals surface area contributed by atoms with Crippen LogP contribution < -0.4 is 9.57 Å². The summed E-state index contributed by atoms with van der Waals surface area (Å²) < 4.78 is 7.23. The molecular weight excluding hydrogens is 266 g/mol. The second-order valence-electron chi connectivity index (χ2n) is 4.14. The van der Waals surface area contributed by atoms with Gasteiger partial charge in [-0.2, -0.15) is 0 Å². The van der Waals surface area contributed by atoms with Crippen molar-refractivity contribution in [1.82, 2.24) is 14.6 Å². The quantitative estimate of drug-likeness (QED) is 0.873. The van der Waals surface area contributed by atoms with Crippen LogP contribution in [0.15, 0.2) is 30.5 Å². The van der Waals surface area contributed by atoms with Crippen LogP contribution in [0.1, 0.15) is 21.5 Å². The van der Waals surface area contributed by atoms with Crippen LogP contribution in [-0.4, -0.2) is 15.7 Å². The number of carbonyl (C=O) groups is 1. The number of aromatic nitrogens is 2. The standard InChI is InChI=1S/C13H14ClN3O2/c1-9-4-3-5-10(13(18)15-14)11(9)8-19-12-6-7-17(2)16-12/h3-7H,8H2,1-2H3,(H,15,18). The van der Waals surface area contributed by atoms with Crippen molar-refractivity contribution in [2.24, 2.45) is 7.05 Å². The first-order valence-electron chi connectivity index (χ1n) is 5.73. The molecule has 100 valence electrons. The van der Waals surface area contributed by atoms with Crippen LogP contribution in [0.25, 0.3) is 0 Å². The van der Waals surface area contributed by atoms with Crippen molar-refractivity contribution in [3.05, 3.63) is 47.2 Å². The molecule has 2 aromatic rings. The van der Waals surface area contributed by atoms with Gasteiger partial charge in [0.05, 0.1) is 0 Å². The first-order chi connectivity index (χ1) is 9.11. The lowest BCUT2D eigenvalue weighted by Gasteiger charge is -2.11. The van der Waals surface area contributed by atoms with Gasteiger partial charge in [-0.1, -0.05) is 12.1 Å². The molecule has 0 unspecified atom stereocenters. The Morgan fingerprint density at radius 1 is 1.47 bits per heavy atom. The van der Waals surface area contributed by atoms with E-state index >= 15 is 0 Å². The Morgan fingerprint density at radius 2 is 2.26 bits per heavy atom. The third-order valence-electron chi connectivity index (χ3n) is 2.79. The van der Waals surface area contributed by atoms with E-state index in [9.17, 15) is 4.79 Å². The minimum Gasteiger partial charge on any atom is -0.472 e. The normalized spacial score (nSPS) is 10.3. The Balaban J connectivity index is 2.21. The summed E-state index contributed by atoms with van der Waals surface area (Å²) in [5.74, 6) is 0.174. The molecule has 1 N–H and O–H groups in total. The monoisotopic (exact) mass is 279 g/mol. The van der Waals surface area contributed by atoms with E-state index in [0.717, 1.165) is 11.1 Å². The van der Waals surface area contributed by atoms with Crippen molar-refractivity contribution in [1.29, 1.82) is 0 Å². The molecule has 0 bridgehead atoms. The molecular formula is C13H14ClN3O2. The molecule has 0 aliphatic carbocycles. The van der Waals surface area contributed by atoms with Crippen molar-refractivity contribution in [2.45, 2.75) is 13.5 Å². The summed E-state index contributed by atoms with van der Waals surface area (Å²) >= 11 is 5.38. The van der Waals surface area contributed by atoms with Crippen LogP contribution in [0.2, 0.25) is 0 Å². The van der Waals surface area contributed by atoms with Crippen LogP contribution >= 0.6 is 11.8 Å². The van der Waals surface area contributed by atoms with Crippen molar-refractivity contribution in [3.63, 3.8) is 0 Å². The summed E-state index contributed by atoms with van der Waals surface area (Å²) in [7, 11) is 1.81. The van der Waals surface area contributed by atoms with Gasteiger partial charge in [0.1, 0.15) is 6.61 Å². The molecule has 5 nitrogen and oxygen atoms in total. The molecule has 2 rings (SSSR count). The van der Waals surface area contributed by atoms with Crippen LogP contribution in [-0.2, 0) is 13.7 Å². The van der Waals surface area contributed by atoms with Gasteiger partial charge < -0.3 is 4.74 Å². The van der Waals surface area contributed by atoms with Gasteiger partial charge in [-0.15, -0.1) is 5.10 Å². The maximum absolute atomic E-state index is 11.7. The van der Waals surface area contributed by atoms with Gasteiger partial charge in [-0.3, -0.25) is 14.3 Å². The molecule has 0 spiro atoms. The Morgan fingerprint density at radius 3 is 2.89 bits per heavy atom. The van der Waals surface area contributed by atoms with E-state index < -0.39 is 0 Å². The molecule has 19 heavy (non-hydrogen) atoms. The zero-order valence-electron chi connectivity index (χ0n) is 10.7. The average Bonchev–Trinajstić information content (AvgIpc) is 2.82. The van der Waals surface area contributed by atoms with Crippen molar-refractivity contribution < 1.29 is 9.53 Å². The van der Waals surface area contributed by atoms with Gasteiger partial charge in [0.15, 0.2) is 0 Å². The summed E-state index contributed by atoms with van der Waals surface area (Å²) in [5.41, 5.74) is 2.27. The molecule has 0 saturated carbocycles. The zero-order chi connectivity index (χ0) is 13.8. The molecule has 1 heterocycles. The van der Waals surface area contributed by atoms with Gasteiger partial charge >= 0.3 is 0 Å². The van der Waals surface area contributed by atoms with Gasteiger partial charge in [0, 0.05) is 42.2 Å². The minimum atomic E-state index is -0.343. The highest BCUT2D eigenvalue weighted by atomic mass is 35.5. The molecule has 1 aromatic carbocycles. The Labute approximate surface area is 116 Å². The van der Waals surface area contributed by atoms with Crippen LogP contribution in [0, 0.1) is 6.92 Å². The van der Waals surface area contributed by atoms with Gasteiger partial charge in [-0.05, 0) is 18.6 Å². The SMILES string of the molecule is Cc1cccc(C(=O)NCl)c1COc1ccn(C)n1. The van der Waals surface area contributed by atoms with Gasteiger partial charge in [0.25, 0.3) is 5.91 Å². The maximum atomic E-state index is 11.7. The number of nitrogens with zero attached hydrogens (tertiary/aromatic N) is 2. The second kappa shape index (κ2) is 5.75. The van der Waals surface area contributed by atoms with Crippen molar-refractivity contribution in [3.8, 4) is 5.88 Å². The number of hydrogen-bond donors (Lipinski definition) is 1. The van der Waals surface area contributed by atoms with E-state index in [-0.39, 0.29) is 12.5 Å². The summed E-state index contributed by atoms with van der Waals surface area (Å²) in [6.45, 7) is 2.19. The number of rotatable bonds is 4. The van der Waals surface area contributed by atoms with Crippen LogP contribution in [0.4, 0.5) is 0 Å². The highest BCUT2D eigenvalue weighted by Gasteiger charge is 2.13. The first-order valence-corrected chi connectivity index (χ1v) is 6.11. The number of ether oxygens (including phenoxy) is 1. The number of aryl methyl sites for hydroxylation is 2. The zero-order valence-corrected chi connectivity index (χ0v) is 11.4. The highest BCUT2D eigenvalue weighted by molar-refractivity contribution is 6.24. The number of benzene rings is 1. The summed E-state index contributed by atoms with van der Waals surface area (Å²) in [6, 6.07) is 7.20. The Hall–Kier alpha value is -2.01. The molecule has 0 radical (unpaired) electrons. The fourth-order valence-corrected chi connectivity index (χ4v) is 1.88. The third kappa shape index (κ3) is 3.06. The lowest BCUT2D eigenvalue weighted by atomic mass is 10.0. The van der Waals surface area contributed by atoms with Crippen LogP contribution in [0.3, 0.4) is 0 Å². The molecule has 0 saturated heterocycles. The topological polar surface area (TPSA) is 56.1 Å². The molecule has 6 heteroatoms. The van der Waals surface area contributed by atoms with Gasteiger partial charge in [-0.25, -0.2) is 0 Å². The summed E-state index contributed by atoms with van der Waals surface area (Å²) in [5, 5.41) is 4.12. The average molecular weight is 280 g/mol. The number of halogens is 1. The Bertz CT molecular complexity index is 595. The van der Waals surface area contributed by atoms with E-state index in [4.69, 9.17) is 16.5 Å². The summed E-state index contributed by atoms with van der Waals surface area (Å²) in [4.78, 5) is 13.8. The minimum absolute atomic E-state index is 0.267. The molecule has 0 aliphatic heterocycles. The maximum Gasteiger partial charge on any atom is 0.266 e. The molecule has 1 aromatic heterocycles. The lowest BCUT2D eigenvalue weighted by Crippen LogP contribution is -2.16. The van der Waals surface area contributed by atoms with E-state index in [1.807, 2.05) is 20.0 Å². The summed E-state index contributed by atoms with van der Waals surface area (Å²) in [6.07, 6.45) is 1.79. The number of amides is 1. The number of nitrogens with one attached hydrogen (secondary N) is 1. The van der Waals surface area contributed by atoms with Crippen molar-refractivity contribution >= 4 is 17.7 Å². The van der Waals surface area contributed by atoms with E-state index in [0.29, 0.717) is 11.4 Å². The largest absolute Gasteiger partial charge is 0.472 e. The third-order valence-corrected chi connectivity index (χ3v) is 2.97. The predicted octanol–water partition coefficient (Wildman–Crippen LogP) is 2.19.